The van der Waals surface area contributed by atoms with Crippen LogP contribution in [0.1, 0.15) is 35.6 Å². The summed E-state index contributed by atoms with van der Waals surface area (Å²) in [5.41, 5.74) is -0.512. The van der Waals surface area contributed by atoms with Crippen LogP contribution < -0.4 is 0 Å². The summed E-state index contributed by atoms with van der Waals surface area (Å²) < 4.78 is 54.3. The Kier molecular flexibility index (Phi) is 5.95. The lowest BCUT2D eigenvalue weighted by atomic mass is 9.90. The first kappa shape index (κ1) is 20.6. The lowest BCUT2D eigenvalue weighted by Gasteiger charge is -2.37. The largest absolute Gasteiger partial charge is 0.481 e. The summed E-state index contributed by atoms with van der Waals surface area (Å²) in [7, 11) is 0. The first-order valence-corrected chi connectivity index (χ1v) is 9.14. The van der Waals surface area contributed by atoms with Crippen molar-refractivity contribution in [2.75, 3.05) is 13.1 Å². The van der Waals surface area contributed by atoms with Crippen LogP contribution in [-0.4, -0.2) is 29.1 Å². The topological polar surface area (TPSA) is 40.5 Å². The van der Waals surface area contributed by atoms with Crippen molar-refractivity contribution in [2.45, 2.75) is 25.1 Å². The lowest BCUT2D eigenvalue weighted by Crippen LogP contribution is -2.39. The Labute approximate surface area is 164 Å². The fourth-order valence-corrected chi connectivity index (χ4v) is 3.81. The number of halogens is 5. The van der Waals surface area contributed by atoms with Crippen LogP contribution in [0.5, 0.6) is 0 Å². The minimum Gasteiger partial charge on any atom is -0.481 e. The van der Waals surface area contributed by atoms with Gasteiger partial charge in [-0.15, -0.1) is 0 Å². The van der Waals surface area contributed by atoms with Gasteiger partial charge in [-0.1, -0.05) is 29.8 Å². The van der Waals surface area contributed by atoms with Crippen LogP contribution >= 0.6 is 11.6 Å². The number of carboxylic acid groups (broad SMARTS) is 1. The molecule has 1 saturated heterocycles. The molecular formula is C20H18ClF4NO2. The van der Waals surface area contributed by atoms with E-state index in [1.54, 1.807) is 11.0 Å². The zero-order valence-corrected chi connectivity index (χ0v) is 15.5. The number of aliphatic carboxylic acids is 1. The zero-order valence-electron chi connectivity index (χ0n) is 14.7. The first-order valence-electron chi connectivity index (χ1n) is 8.76. The van der Waals surface area contributed by atoms with Crippen molar-refractivity contribution in [3.63, 3.8) is 0 Å². The summed E-state index contributed by atoms with van der Waals surface area (Å²) in [6, 6.07) is 8.03. The molecule has 0 saturated carbocycles. The van der Waals surface area contributed by atoms with Crippen LogP contribution in [0.25, 0.3) is 0 Å². The smallest absolute Gasteiger partial charge is 0.416 e. The number of carboxylic acids is 1. The van der Waals surface area contributed by atoms with E-state index < -0.39 is 35.5 Å². The number of alkyl halides is 3. The summed E-state index contributed by atoms with van der Waals surface area (Å²) in [4.78, 5) is 13.0. The third kappa shape index (κ3) is 4.31. The molecule has 0 radical (unpaired) electrons. The summed E-state index contributed by atoms with van der Waals surface area (Å²) in [6.45, 7) is 0.616. The minimum absolute atomic E-state index is 0.0987. The Morgan fingerprint density at radius 2 is 1.75 bits per heavy atom. The number of carbonyl (C=O) groups is 1. The average Bonchev–Trinajstić information content (AvgIpc) is 2.64. The van der Waals surface area contributed by atoms with Gasteiger partial charge in [0.1, 0.15) is 5.82 Å². The summed E-state index contributed by atoms with van der Waals surface area (Å²) >= 11 is 6.23. The van der Waals surface area contributed by atoms with Crippen LogP contribution in [-0.2, 0) is 11.0 Å². The predicted octanol–water partition coefficient (Wildman–Crippen LogP) is 5.38. The third-order valence-corrected chi connectivity index (χ3v) is 5.41. The second kappa shape index (κ2) is 8.09. The van der Waals surface area contributed by atoms with Gasteiger partial charge in [0.2, 0.25) is 0 Å². The number of piperidine rings is 1. The van der Waals surface area contributed by atoms with Gasteiger partial charge in [-0.05, 0) is 55.8 Å². The molecule has 1 aliphatic heterocycles. The van der Waals surface area contributed by atoms with Crippen LogP contribution in [0.2, 0.25) is 5.02 Å². The molecular weight excluding hydrogens is 398 g/mol. The van der Waals surface area contributed by atoms with Crippen molar-refractivity contribution >= 4 is 17.6 Å². The predicted molar refractivity (Wildman–Crippen MR) is 96.6 cm³/mol. The van der Waals surface area contributed by atoms with E-state index in [0.717, 1.165) is 18.2 Å². The summed E-state index contributed by atoms with van der Waals surface area (Å²) in [5, 5.41) is 9.29. The van der Waals surface area contributed by atoms with Gasteiger partial charge in [0.25, 0.3) is 0 Å². The molecule has 3 rings (SSSR count). The van der Waals surface area contributed by atoms with Gasteiger partial charge in [0, 0.05) is 10.6 Å². The highest BCUT2D eigenvalue weighted by molar-refractivity contribution is 6.31. The maximum Gasteiger partial charge on any atom is 0.416 e. The highest BCUT2D eigenvalue weighted by Gasteiger charge is 2.35. The molecule has 0 spiro atoms. The minimum atomic E-state index is -4.56. The van der Waals surface area contributed by atoms with Gasteiger partial charge >= 0.3 is 12.1 Å². The third-order valence-electron chi connectivity index (χ3n) is 5.06. The van der Waals surface area contributed by atoms with Crippen molar-refractivity contribution < 1.29 is 27.5 Å². The maximum absolute atomic E-state index is 14.6. The van der Waals surface area contributed by atoms with E-state index in [1.807, 2.05) is 0 Å². The van der Waals surface area contributed by atoms with Crippen molar-refractivity contribution in [1.82, 2.24) is 4.90 Å². The highest BCUT2D eigenvalue weighted by atomic mass is 35.5. The van der Waals surface area contributed by atoms with Crippen LogP contribution in [0.15, 0.2) is 42.5 Å². The molecule has 150 valence electrons. The molecule has 0 bridgehead atoms. The van der Waals surface area contributed by atoms with E-state index in [-0.39, 0.29) is 16.1 Å². The number of nitrogens with zero attached hydrogens (tertiary/aromatic N) is 1. The Morgan fingerprint density at radius 3 is 2.32 bits per heavy atom. The molecule has 1 heterocycles. The van der Waals surface area contributed by atoms with Gasteiger partial charge < -0.3 is 5.11 Å². The molecule has 0 amide bonds. The van der Waals surface area contributed by atoms with Crippen molar-refractivity contribution in [1.29, 1.82) is 0 Å². The van der Waals surface area contributed by atoms with Crippen molar-refractivity contribution in [2.24, 2.45) is 5.92 Å². The van der Waals surface area contributed by atoms with Gasteiger partial charge in [0.05, 0.1) is 17.5 Å². The molecule has 1 atom stereocenters. The molecule has 8 heteroatoms. The van der Waals surface area contributed by atoms with Gasteiger partial charge in [0.15, 0.2) is 0 Å². The summed E-state index contributed by atoms with van der Waals surface area (Å²) in [5.74, 6) is -1.98. The molecule has 1 N–H and O–H groups in total. The molecule has 2 aromatic rings. The molecule has 1 unspecified atom stereocenters. The quantitative estimate of drug-likeness (QED) is 0.681. The zero-order chi connectivity index (χ0) is 20.5. The number of hydrogen-bond acceptors (Lipinski definition) is 2. The van der Waals surface area contributed by atoms with E-state index in [1.165, 1.54) is 18.2 Å². The second-order valence-electron chi connectivity index (χ2n) is 6.81. The SMILES string of the molecule is O=C(O)C1CCN(C(c2ccccc2F)c2cc(C(F)(F)F)ccc2Cl)CC1. The fourth-order valence-electron chi connectivity index (χ4n) is 3.59. The number of benzene rings is 2. The maximum atomic E-state index is 14.6. The van der Waals surface area contributed by atoms with Gasteiger partial charge in [-0.3, -0.25) is 9.69 Å². The van der Waals surface area contributed by atoms with E-state index >= 15 is 0 Å². The monoisotopic (exact) mass is 415 g/mol. The van der Waals surface area contributed by atoms with Gasteiger partial charge in [-0.25, -0.2) is 4.39 Å². The molecule has 1 aliphatic rings. The number of rotatable bonds is 4. The average molecular weight is 416 g/mol. The summed E-state index contributed by atoms with van der Waals surface area (Å²) in [6.07, 6.45) is -3.90. The standard InChI is InChI=1S/C20H18ClF4NO2/c21-16-6-5-13(20(23,24)25)11-15(16)18(14-3-1-2-4-17(14)22)26-9-7-12(8-10-26)19(27)28/h1-6,11-12,18H,7-10H2,(H,27,28). The Morgan fingerprint density at radius 1 is 1.11 bits per heavy atom. The molecule has 1 fully saturated rings. The molecule has 0 aromatic heterocycles. The molecule has 0 aliphatic carbocycles. The Balaban J connectivity index is 2.06. The fraction of sp³-hybridized carbons (Fsp3) is 0.350. The highest BCUT2D eigenvalue weighted by Crippen LogP contribution is 2.40. The van der Waals surface area contributed by atoms with E-state index in [0.29, 0.717) is 25.9 Å². The lowest BCUT2D eigenvalue weighted by molar-refractivity contribution is -0.143. The number of hydrogen-bond donors (Lipinski definition) is 1. The Bertz CT molecular complexity index is 864. The normalized spacial score (nSPS) is 17.5. The van der Waals surface area contributed by atoms with Crippen molar-refractivity contribution in [3.8, 4) is 0 Å². The van der Waals surface area contributed by atoms with E-state index in [2.05, 4.69) is 0 Å². The Hall–Kier alpha value is -2.12. The van der Waals surface area contributed by atoms with E-state index in [9.17, 15) is 27.5 Å². The second-order valence-corrected chi connectivity index (χ2v) is 7.21. The molecule has 3 nitrogen and oxygen atoms in total. The number of likely N-dealkylation sites (tertiary alicyclic amines) is 1. The first-order chi connectivity index (χ1) is 13.2. The van der Waals surface area contributed by atoms with Crippen LogP contribution in [0, 0.1) is 11.7 Å². The van der Waals surface area contributed by atoms with Crippen LogP contribution in [0.4, 0.5) is 17.6 Å². The molecule has 2 aromatic carbocycles. The molecule has 28 heavy (non-hydrogen) atoms. The van der Waals surface area contributed by atoms with Gasteiger partial charge in [-0.2, -0.15) is 13.2 Å². The van der Waals surface area contributed by atoms with Crippen molar-refractivity contribution in [3.05, 3.63) is 70.0 Å². The van der Waals surface area contributed by atoms with Crippen LogP contribution in [0.3, 0.4) is 0 Å². The van der Waals surface area contributed by atoms with E-state index in [4.69, 9.17) is 11.6 Å².